The Hall–Kier alpha value is -1.01. The van der Waals surface area contributed by atoms with Crippen LogP contribution in [0.25, 0.3) is 0 Å². The van der Waals surface area contributed by atoms with Crippen LogP contribution in [-0.4, -0.2) is 46.3 Å². The van der Waals surface area contributed by atoms with Crippen LogP contribution in [0.5, 0.6) is 0 Å². The Morgan fingerprint density at radius 2 is 2.28 bits per heavy atom. The lowest BCUT2D eigenvalue weighted by atomic mass is 10.1. The second-order valence-corrected chi connectivity index (χ2v) is 6.16. The van der Waals surface area contributed by atoms with Crippen molar-refractivity contribution in [1.82, 2.24) is 10.1 Å². The van der Waals surface area contributed by atoms with Gasteiger partial charge in [0.2, 0.25) is 0 Å². The molecule has 1 aromatic rings. The first-order valence-corrected chi connectivity index (χ1v) is 7.18. The zero-order valence-corrected chi connectivity index (χ0v) is 11.2. The van der Waals surface area contributed by atoms with Gasteiger partial charge in [0.1, 0.15) is 10.7 Å². The first kappa shape index (κ1) is 12.0. The van der Waals surface area contributed by atoms with E-state index < -0.39 is 0 Å². The van der Waals surface area contributed by atoms with Crippen molar-refractivity contribution in [1.29, 1.82) is 0 Å². The molecule has 0 unspecified atom stereocenters. The summed E-state index contributed by atoms with van der Waals surface area (Å²) in [5.41, 5.74) is 0.406. The molecule has 0 aliphatic carbocycles. The summed E-state index contributed by atoms with van der Waals surface area (Å²) in [4.78, 5) is 14.0. The number of aryl methyl sites for hydroxylation is 1. The molecule has 1 spiro atoms. The lowest BCUT2D eigenvalue weighted by molar-refractivity contribution is 0.00328. The molecule has 0 N–H and O–H groups in total. The Labute approximate surface area is 110 Å². The van der Waals surface area contributed by atoms with Crippen molar-refractivity contribution in [3.8, 4) is 0 Å². The predicted molar refractivity (Wildman–Crippen MR) is 67.5 cm³/mol. The number of nitrogens with zero attached hydrogens (tertiary/aromatic N) is 2. The van der Waals surface area contributed by atoms with E-state index in [-0.39, 0.29) is 10.8 Å². The molecular formula is C12H16N2O3S. The number of aromatic nitrogens is 1. The molecule has 0 aromatic carbocycles. The second kappa shape index (κ2) is 4.59. The standard InChI is InChI=1S/C12H16N2O3S/c1-9-8-10(13-17-9)11(15)14-4-2-12(3-5-14)16-6-7-18-12/h8H,2-7H2,1H3. The van der Waals surface area contributed by atoms with E-state index >= 15 is 0 Å². The Balaban J connectivity index is 1.64. The first-order chi connectivity index (χ1) is 8.69. The maximum absolute atomic E-state index is 12.2. The number of hydrogen-bond acceptors (Lipinski definition) is 5. The average molecular weight is 268 g/mol. The number of rotatable bonds is 1. The van der Waals surface area contributed by atoms with Crippen LogP contribution in [0, 0.1) is 6.92 Å². The van der Waals surface area contributed by atoms with Gasteiger partial charge in [-0.05, 0) is 6.92 Å². The van der Waals surface area contributed by atoms with Crippen molar-refractivity contribution in [3.63, 3.8) is 0 Å². The molecule has 0 atom stereocenters. The minimum atomic E-state index is -0.0373. The van der Waals surface area contributed by atoms with Gasteiger partial charge in [0.25, 0.3) is 5.91 Å². The van der Waals surface area contributed by atoms with E-state index in [1.807, 2.05) is 16.7 Å². The molecule has 1 aromatic heterocycles. The minimum absolute atomic E-state index is 0.0312. The molecule has 98 valence electrons. The third-order valence-electron chi connectivity index (χ3n) is 3.47. The number of hydrogen-bond donors (Lipinski definition) is 0. The minimum Gasteiger partial charge on any atom is -0.363 e. The highest BCUT2D eigenvalue weighted by Gasteiger charge is 2.40. The average Bonchev–Trinajstić information content (AvgIpc) is 3.00. The van der Waals surface area contributed by atoms with E-state index in [0.717, 1.165) is 38.3 Å². The molecule has 2 saturated heterocycles. The first-order valence-electron chi connectivity index (χ1n) is 6.19. The van der Waals surface area contributed by atoms with E-state index in [0.29, 0.717) is 11.5 Å². The Morgan fingerprint density at radius 1 is 1.50 bits per heavy atom. The van der Waals surface area contributed by atoms with Gasteiger partial charge < -0.3 is 14.2 Å². The molecule has 3 heterocycles. The Kier molecular flexibility index (Phi) is 3.07. The van der Waals surface area contributed by atoms with Crippen LogP contribution in [0.15, 0.2) is 10.6 Å². The van der Waals surface area contributed by atoms with Crippen LogP contribution in [0.3, 0.4) is 0 Å². The van der Waals surface area contributed by atoms with Crippen molar-refractivity contribution in [3.05, 3.63) is 17.5 Å². The second-order valence-electron chi connectivity index (χ2n) is 4.72. The molecule has 2 fully saturated rings. The number of likely N-dealkylation sites (tertiary alicyclic amines) is 1. The van der Waals surface area contributed by atoms with Crippen molar-refractivity contribution in [2.45, 2.75) is 24.7 Å². The Bertz CT molecular complexity index is 444. The van der Waals surface area contributed by atoms with Crippen molar-refractivity contribution < 1.29 is 14.1 Å². The highest BCUT2D eigenvalue weighted by molar-refractivity contribution is 8.00. The molecule has 1 amide bonds. The van der Waals surface area contributed by atoms with E-state index in [1.165, 1.54) is 0 Å². The molecular weight excluding hydrogens is 252 g/mol. The summed E-state index contributed by atoms with van der Waals surface area (Å²) < 4.78 is 10.8. The zero-order chi connectivity index (χ0) is 12.6. The maximum atomic E-state index is 12.2. The lowest BCUT2D eigenvalue weighted by Gasteiger charge is -2.37. The van der Waals surface area contributed by atoms with Gasteiger partial charge >= 0.3 is 0 Å². The van der Waals surface area contributed by atoms with Gasteiger partial charge in [-0.1, -0.05) is 5.16 Å². The number of ether oxygens (including phenoxy) is 1. The van der Waals surface area contributed by atoms with Crippen LogP contribution >= 0.6 is 11.8 Å². The molecule has 6 heteroatoms. The Morgan fingerprint density at radius 3 is 2.83 bits per heavy atom. The summed E-state index contributed by atoms with van der Waals surface area (Å²) in [5, 5.41) is 3.78. The van der Waals surface area contributed by atoms with Crippen molar-refractivity contribution in [2.24, 2.45) is 0 Å². The summed E-state index contributed by atoms with van der Waals surface area (Å²) in [7, 11) is 0. The van der Waals surface area contributed by atoms with Crippen molar-refractivity contribution in [2.75, 3.05) is 25.4 Å². The lowest BCUT2D eigenvalue weighted by Crippen LogP contribution is -2.45. The zero-order valence-electron chi connectivity index (χ0n) is 10.3. The summed E-state index contributed by atoms with van der Waals surface area (Å²) in [6.07, 6.45) is 1.81. The SMILES string of the molecule is Cc1cc(C(=O)N2CCC3(CC2)OCCS3)no1. The van der Waals surface area contributed by atoms with Crippen LogP contribution in [-0.2, 0) is 4.74 Å². The summed E-state index contributed by atoms with van der Waals surface area (Å²) in [6.45, 7) is 4.09. The van der Waals surface area contributed by atoms with Gasteiger partial charge in [-0.3, -0.25) is 4.79 Å². The summed E-state index contributed by atoms with van der Waals surface area (Å²) in [6, 6.07) is 1.69. The molecule has 3 rings (SSSR count). The number of carbonyl (C=O) groups is 1. The molecule has 2 aliphatic rings. The molecule has 0 radical (unpaired) electrons. The van der Waals surface area contributed by atoms with Crippen LogP contribution in [0.4, 0.5) is 0 Å². The summed E-state index contributed by atoms with van der Waals surface area (Å²) in [5.74, 6) is 1.70. The van der Waals surface area contributed by atoms with E-state index in [9.17, 15) is 4.79 Å². The third-order valence-corrected chi connectivity index (χ3v) is 4.90. The van der Waals surface area contributed by atoms with Gasteiger partial charge in [-0.15, -0.1) is 11.8 Å². The molecule has 0 bridgehead atoms. The van der Waals surface area contributed by atoms with Crippen LogP contribution in [0.1, 0.15) is 29.1 Å². The van der Waals surface area contributed by atoms with Crippen molar-refractivity contribution >= 4 is 17.7 Å². The monoisotopic (exact) mass is 268 g/mol. The predicted octanol–water partition coefficient (Wildman–Crippen LogP) is 1.68. The fraction of sp³-hybridized carbons (Fsp3) is 0.667. The number of carbonyl (C=O) groups excluding carboxylic acids is 1. The highest BCUT2D eigenvalue weighted by Crippen LogP contribution is 2.41. The number of amides is 1. The highest BCUT2D eigenvalue weighted by atomic mass is 32.2. The fourth-order valence-electron chi connectivity index (χ4n) is 2.47. The van der Waals surface area contributed by atoms with Crippen LogP contribution < -0.4 is 0 Å². The van der Waals surface area contributed by atoms with E-state index in [1.54, 1.807) is 13.0 Å². The van der Waals surface area contributed by atoms with Gasteiger partial charge in [0, 0.05) is 37.8 Å². The van der Waals surface area contributed by atoms with Gasteiger partial charge in [-0.2, -0.15) is 0 Å². The number of thioether (sulfide) groups is 1. The smallest absolute Gasteiger partial charge is 0.276 e. The van der Waals surface area contributed by atoms with Gasteiger partial charge in [0.05, 0.1) is 6.61 Å². The third kappa shape index (κ3) is 2.14. The summed E-state index contributed by atoms with van der Waals surface area (Å²) >= 11 is 1.88. The molecule has 5 nitrogen and oxygen atoms in total. The molecule has 0 saturated carbocycles. The van der Waals surface area contributed by atoms with E-state index in [4.69, 9.17) is 9.26 Å². The maximum Gasteiger partial charge on any atom is 0.276 e. The fourth-order valence-corrected chi connectivity index (χ4v) is 3.64. The normalized spacial score (nSPS) is 22.6. The topological polar surface area (TPSA) is 55.6 Å². The van der Waals surface area contributed by atoms with Crippen LogP contribution in [0.2, 0.25) is 0 Å². The number of piperidine rings is 1. The van der Waals surface area contributed by atoms with Gasteiger partial charge in [0.15, 0.2) is 5.69 Å². The largest absolute Gasteiger partial charge is 0.363 e. The van der Waals surface area contributed by atoms with Gasteiger partial charge in [-0.25, -0.2) is 0 Å². The quantitative estimate of drug-likeness (QED) is 0.775. The molecule has 18 heavy (non-hydrogen) atoms. The molecule has 2 aliphatic heterocycles. The van der Waals surface area contributed by atoms with E-state index in [2.05, 4.69) is 5.16 Å².